The van der Waals surface area contributed by atoms with Gasteiger partial charge in [0.2, 0.25) is 0 Å². The van der Waals surface area contributed by atoms with Crippen LogP contribution in [0.4, 0.5) is 0 Å². The van der Waals surface area contributed by atoms with Crippen LogP contribution in [0.2, 0.25) is 0 Å². The van der Waals surface area contributed by atoms with Gasteiger partial charge in [0.05, 0.1) is 0 Å². The summed E-state index contributed by atoms with van der Waals surface area (Å²) in [6, 6.07) is 7.81. The highest BCUT2D eigenvalue weighted by Gasteiger charge is 2.13. The van der Waals surface area contributed by atoms with E-state index in [1.165, 1.54) is 6.08 Å². The second kappa shape index (κ2) is 5.21. The van der Waals surface area contributed by atoms with E-state index in [4.69, 9.17) is 5.11 Å². The van der Waals surface area contributed by atoms with Crippen molar-refractivity contribution in [1.82, 2.24) is 0 Å². The van der Waals surface area contributed by atoms with Crippen molar-refractivity contribution in [2.75, 3.05) is 0 Å². The van der Waals surface area contributed by atoms with Gasteiger partial charge in [0.15, 0.2) is 0 Å². The number of thioether (sulfide) groups is 1. The molecule has 3 heteroatoms. The molecule has 0 saturated heterocycles. The van der Waals surface area contributed by atoms with Gasteiger partial charge in [-0.3, -0.25) is 0 Å². The van der Waals surface area contributed by atoms with E-state index in [-0.39, 0.29) is 4.75 Å². The van der Waals surface area contributed by atoms with E-state index in [1.807, 2.05) is 24.3 Å². The van der Waals surface area contributed by atoms with Crippen LogP contribution in [-0.4, -0.2) is 15.8 Å². The van der Waals surface area contributed by atoms with E-state index in [0.717, 1.165) is 10.5 Å². The third-order valence-corrected chi connectivity index (χ3v) is 2.94. The first kappa shape index (κ1) is 12.8. The lowest BCUT2D eigenvalue weighted by molar-refractivity contribution is -0.131. The van der Waals surface area contributed by atoms with Gasteiger partial charge in [0.25, 0.3) is 0 Å². The Labute approximate surface area is 100 Å². The number of rotatable bonds is 3. The molecule has 0 unspecified atom stereocenters. The molecule has 1 rings (SSSR count). The molecule has 0 amide bonds. The fourth-order valence-corrected chi connectivity index (χ4v) is 2.26. The molecule has 16 heavy (non-hydrogen) atoms. The molecule has 0 aliphatic carbocycles. The third kappa shape index (κ3) is 4.53. The number of carbonyl (C=O) groups is 1. The molecule has 0 saturated carbocycles. The first-order chi connectivity index (χ1) is 7.38. The SMILES string of the molecule is CC(C)(C)Sc1ccccc1/C=C/C(=O)O. The maximum Gasteiger partial charge on any atom is 0.328 e. The van der Waals surface area contributed by atoms with E-state index in [2.05, 4.69) is 20.8 Å². The van der Waals surface area contributed by atoms with Crippen LogP contribution in [0.15, 0.2) is 35.2 Å². The maximum absolute atomic E-state index is 10.5. The van der Waals surface area contributed by atoms with Crippen molar-refractivity contribution in [3.05, 3.63) is 35.9 Å². The molecular weight excluding hydrogens is 220 g/mol. The van der Waals surface area contributed by atoms with Crippen LogP contribution in [0.5, 0.6) is 0 Å². The Morgan fingerprint density at radius 3 is 2.50 bits per heavy atom. The quantitative estimate of drug-likeness (QED) is 0.642. The van der Waals surface area contributed by atoms with E-state index in [0.29, 0.717) is 0 Å². The van der Waals surface area contributed by atoms with Crippen LogP contribution in [0.1, 0.15) is 26.3 Å². The highest BCUT2D eigenvalue weighted by Crippen LogP contribution is 2.34. The van der Waals surface area contributed by atoms with E-state index in [1.54, 1.807) is 17.8 Å². The zero-order valence-electron chi connectivity index (χ0n) is 9.73. The second-order valence-corrected chi connectivity index (χ2v) is 6.29. The average Bonchev–Trinajstić information content (AvgIpc) is 2.14. The van der Waals surface area contributed by atoms with Gasteiger partial charge in [-0.2, -0.15) is 0 Å². The first-order valence-electron chi connectivity index (χ1n) is 5.07. The molecule has 0 radical (unpaired) electrons. The summed E-state index contributed by atoms with van der Waals surface area (Å²) in [7, 11) is 0. The Bertz CT molecular complexity index is 403. The fourth-order valence-electron chi connectivity index (χ4n) is 1.20. The van der Waals surface area contributed by atoms with Crippen LogP contribution in [0.3, 0.4) is 0 Å². The zero-order valence-corrected chi connectivity index (χ0v) is 10.5. The lowest BCUT2D eigenvalue weighted by Crippen LogP contribution is -2.07. The van der Waals surface area contributed by atoms with Gasteiger partial charge in [-0.15, -0.1) is 11.8 Å². The Morgan fingerprint density at radius 1 is 1.31 bits per heavy atom. The minimum Gasteiger partial charge on any atom is -0.478 e. The van der Waals surface area contributed by atoms with Crippen molar-refractivity contribution in [3.63, 3.8) is 0 Å². The minimum absolute atomic E-state index is 0.118. The van der Waals surface area contributed by atoms with Gasteiger partial charge < -0.3 is 5.11 Å². The van der Waals surface area contributed by atoms with Crippen LogP contribution >= 0.6 is 11.8 Å². The molecule has 0 fully saturated rings. The molecule has 0 atom stereocenters. The van der Waals surface area contributed by atoms with Crippen molar-refractivity contribution in [2.24, 2.45) is 0 Å². The fraction of sp³-hybridized carbons (Fsp3) is 0.308. The molecule has 2 nitrogen and oxygen atoms in total. The van der Waals surface area contributed by atoms with Crippen molar-refractivity contribution in [1.29, 1.82) is 0 Å². The van der Waals surface area contributed by atoms with Gasteiger partial charge in [-0.1, -0.05) is 39.0 Å². The van der Waals surface area contributed by atoms with Crippen LogP contribution in [0.25, 0.3) is 6.08 Å². The van der Waals surface area contributed by atoms with Gasteiger partial charge >= 0.3 is 5.97 Å². The first-order valence-corrected chi connectivity index (χ1v) is 5.89. The Kier molecular flexibility index (Phi) is 4.19. The molecule has 1 N–H and O–H groups in total. The summed E-state index contributed by atoms with van der Waals surface area (Å²) in [5.74, 6) is -0.921. The van der Waals surface area contributed by atoms with Crippen molar-refractivity contribution < 1.29 is 9.90 Å². The number of benzene rings is 1. The number of aliphatic carboxylic acids is 1. The number of hydrogen-bond acceptors (Lipinski definition) is 2. The van der Waals surface area contributed by atoms with Gasteiger partial charge in [-0.25, -0.2) is 4.79 Å². The molecule has 0 aliphatic rings. The monoisotopic (exact) mass is 236 g/mol. The summed E-state index contributed by atoms with van der Waals surface area (Å²) < 4.78 is 0.118. The van der Waals surface area contributed by atoms with E-state index < -0.39 is 5.97 Å². The molecule has 0 heterocycles. The molecule has 0 bridgehead atoms. The van der Waals surface area contributed by atoms with Crippen molar-refractivity contribution in [2.45, 2.75) is 30.4 Å². The average molecular weight is 236 g/mol. The number of carboxylic acid groups (broad SMARTS) is 1. The molecule has 0 spiro atoms. The largest absolute Gasteiger partial charge is 0.478 e. The predicted octanol–water partition coefficient (Wildman–Crippen LogP) is 3.68. The lowest BCUT2D eigenvalue weighted by atomic mass is 10.2. The zero-order chi connectivity index (χ0) is 12.2. The Morgan fingerprint density at radius 2 is 1.94 bits per heavy atom. The number of hydrogen-bond donors (Lipinski definition) is 1. The molecule has 1 aromatic carbocycles. The molecular formula is C13H16O2S. The van der Waals surface area contributed by atoms with Crippen molar-refractivity contribution >= 4 is 23.8 Å². The highest BCUT2D eigenvalue weighted by molar-refractivity contribution is 8.00. The van der Waals surface area contributed by atoms with Gasteiger partial charge in [-0.05, 0) is 17.7 Å². The molecule has 0 aliphatic heterocycles. The summed E-state index contributed by atoms with van der Waals surface area (Å²) in [5, 5.41) is 8.60. The van der Waals surface area contributed by atoms with E-state index in [9.17, 15) is 4.79 Å². The summed E-state index contributed by atoms with van der Waals surface area (Å²) in [6.07, 6.45) is 2.80. The van der Waals surface area contributed by atoms with E-state index >= 15 is 0 Å². The Hall–Kier alpha value is -1.22. The maximum atomic E-state index is 10.5. The van der Waals surface area contributed by atoms with Crippen LogP contribution in [0, 0.1) is 0 Å². The van der Waals surface area contributed by atoms with Crippen LogP contribution in [-0.2, 0) is 4.79 Å². The summed E-state index contributed by atoms with van der Waals surface area (Å²) in [4.78, 5) is 11.6. The number of carboxylic acids is 1. The summed E-state index contributed by atoms with van der Waals surface area (Å²) >= 11 is 1.73. The Balaban J connectivity index is 2.96. The smallest absolute Gasteiger partial charge is 0.328 e. The predicted molar refractivity (Wildman–Crippen MR) is 68.7 cm³/mol. The van der Waals surface area contributed by atoms with Gasteiger partial charge in [0.1, 0.15) is 0 Å². The summed E-state index contributed by atoms with van der Waals surface area (Å²) in [5.41, 5.74) is 0.949. The normalized spacial score (nSPS) is 11.9. The molecule has 0 aromatic heterocycles. The molecule has 1 aromatic rings. The standard InChI is InChI=1S/C13H16O2S/c1-13(2,3)16-11-7-5-4-6-10(11)8-9-12(14)15/h4-9H,1-3H3,(H,14,15)/b9-8+. The highest BCUT2D eigenvalue weighted by atomic mass is 32.2. The third-order valence-electron chi connectivity index (χ3n) is 1.74. The second-order valence-electron chi connectivity index (χ2n) is 4.42. The minimum atomic E-state index is -0.921. The lowest BCUT2D eigenvalue weighted by Gasteiger charge is -2.18. The van der Waals surface area contributed by atoms with Crippen LogP contribution < -0.4 is 0 Å². The van der Waals surface area contributed by atoms with Gasteiger partial charge in [0, 0.05) is 15.7 Å². The summed E-state index contributed by atoms with van der Waals surface area (Å²) in [6.45, 7) is 6.40. The topological polar surface area (TPSA) is 37.3 Å². The van der Waals surface area contributed by atoms with Crippen molar-refractivity contribution in [3.8, 4) is 0 Å². The molecule has 86 valence electrons.